The third-order valence-electron chi connectivity index (χ3n) is 1.01. The molecule has 0 radical (unpaired) electrons. The SMILES string of the molecule is O=CC#Cc1ncccc1Cl. The maximum atomic E-state index is 9.85. The molecule has 0 spiro atoms. The summed E-state index contributed by atoms with van der Waals surface area (Å²) >= 11 is 5.68. The number of nitrogens with zero attached hydrogens (tertiary/aromatic N) is 1. The Morgan fingerprint density at radius 2 is 2.45 bits per heavy atom. The van der Waals surface area contributed by atoms with Gasteiger partial charge in [-0.1, -0.05) is 11.6 Å². The number of rotatable bonds is 0. The zero-order valence-corrected chi connectivity index (χ0v) is 6.30. The van der Waals surface area contributed by atoms with Crippen molar-refractivity contribution in [2.45, 2.75) is 0 Å². The monoisotopic (exact) mass is 165 g/mol. The van der Waals surface area contributed by atoms with Crippen molar-refractivity contribution in [1.29, 1.82) is 0 Å². The summed E-state index contributed by atoms with van der Waals surface area (Å²) in [5, 5.41) is 0.460. The number of hydrogen-bond acceptors (Lipinski definition) is 2. The van der Waals surface area contributed by atoms with Crippen molar-refractivity contribution in [2.75, 3.05) is 0 Å². The van der Waals surface area contributed by atoms with Crippen LogP contribution in [-0.2, 0) is 4.79 Å². The highest BCUT2D eigenvalue weighted by atomic mass is 35.5. The van der Waals surface area contributed by atoms with Crippen LogP contribution in [0.15, 0.2) is 18.3 Å². The summed E-state index contributed by atoms with van der Waals surface area (Å²) in [5.41, 5.74) is 0.432. The standard InChI is InChI=1S/C8H4ClNO/c9-7-3-1-5-10-8(7)4-2-6-11/h1,3,5-6H. The minimum atomic E-state index is 0.432. The second-order valence-corrected chi connectivity index (χ2v) is 2.13. The summed E-state index contributed by atoms with van der Waals surface area (Å²) in [6, 6.07) is 3.37. The average Bonchev–Trinajstić information content (AvgIpc) is 2.03. The minimum Gasteiger partial charge on any atom is -0.289 e. The van der Waals surface area contributed by atoms with E-state index in [2.05, 4.69) is 16.8 Å². The van der Waals surface area contributed by atoms with E-state index in [0.717, 1.165) is 0 Å². The van der Waals surface area contributed by atoms with Crippen molar-refractivity contribution in [2.24, 2.45) is 0 Å². The van der Waals surface area contributed by atoms with E-state index in [1.54, 1.807) is 18.3 Å². The Morgan fingerprint density at radius 3 is 3.09 bits per heavy atom. The Hall–Kier alpha value is -1.33. The predicted molar refractivity (Wildman–Crippen MR) is 42.2 cm³/mol. The summed E-state index contributed by atoms with van der Waals surface area (Å²) in [4.78, 5) is 13.7. The van der Waals surface area contributed by atoms with Gasteiger partial charge in [0, 0.05) is 6.20 Å². The van der Waals surface area contributed by atoms with E-state index in [4.69, 9.17) is 11.6 Å². The maximum Gasteiger partial charge on any atom is 0.193 e. The summed E-state index contributed by atoms with van der Waals surface area (Å²) in [6.45, 7) is 0. The lowest BCUT2D eigenvalue weighted by atomic mass is 10.3. The molecule has 0 aliphatic carbocycles. The number of pyridine rings is 1. The first-order valence-electron chi connectivity index (χ1n) is 2.90. The van der Waals surface area contributed by atoms with Gasteiger partial charge in [0.05, 0.1) is 5.02 Å². The average molecular weight is 166 g/mol. The topological polar surface area (TPSA) is 30.0 Å². The van der Waals surface area contributed by atoms with Gasteiger partial charge in [-0.05, 0) is 24.0 Å². The molecule has 1 aromatic heterocycles. The molecule has 11 heavy (non-hydrogen) atoms. The zero-order valence-electron chi connectivity index (χ0n) is 5.54. The van der Waals surface area contributed by atoms with Crippen LogP contribution >= 0.6 is 11.6 Å². The lowest BCUT2D eigenvalue weighted by Crippen LogP contribution is -1.81. The van der Waals surface area contributed by atoms with Crippen LogP contribution in [0.1, 0.15) is 5.69 Å². The Balaban J connectivity index is 3.03. The molecule has 0 aliphatic heterocycles. The van der Waals surface area contributed by atoms with Gasteiger partial charge in [-0.3, -0.25) is 4.79 Å². The van der Waals surface area contributed by atoms with Crippen molar-refractivity contribution >= 4 is 17.9 Å². The fourth-order valence-electron chi connectivity index (χ4n) is 0.575. The zero-order chi connectivity index (χ0) is 8.10. The van der Waals surface area contributed by atoms with Gasteiger partial charge in [0.25, 0.3) is 0 Å². The Labute approximate surface area is 69.2 Å². The van der Waals surface area contributed by atoms with Crippen molar-refractivity contribution in [1.82, 2.24) is 4.98 Å². The molecule has 2 nitrogen and oxygen atoms in total. The van der Waals surface area contributed by atoms with Gasteiger partial charge in [0.2, 0.25) is 0 Å². The molecule has 0 unspecified atom stereocenters. The van der Waals surface area contributed by atoms with E-state index in [9.17, 15) is 4.79 Å². The van der Waals surface area contributed by atoms with Crippen molar-refractivity contribution in [3.63, 3.8) is 0 Å². The quantitative estimate of drug-likeness (QED) is 0.428. The van der Waals surface area contributed by atoms with Crippen molar-refractivity contribution in [3.05, 3.63) is 29.0 Å². The second-order valence-electron chi connectivity index (χ2n) is 1.72. The van der Waals surface area contributed by atoms with Gasteiger partial charge in [0.15, 0.2) is 6.29 Å². The number of aldehydes is 1. The molecule has 3 heteroatoms. The highest BCUT2D eigenvalue weighted by molar-refractivity contribution is 6.31. The van der Waals surface area contributed by atoms with Crippen LogP contribution in [0.5, 0.6) is 0 Å². The van der Waals surface area contributed by atoms with Crippen LogP contribution in [0, 0.1) is 11.8 Å². The van der Waals surface area contributed by atoms with E-state index < -0.39 is 0 Å². The third-order valence-corrected chi connectivity index (χ3v) is 1.31. The van der Waals surface area contributed by atoms with E-state index >= 15 is 0 Å². The van der Waals surface area contributed by atoms with Crippen LogP contribution in [0.2, 0.25) is 5.02 Å². The predicted octanol–water partition coefficient (Wildman–Crippen LogP) is 1.29. The van der Waals surface area contributed by atoms with Gasteiger partial charge in [-0.2, -0.15) is 0 Å². The minimum absolute atomic E-state index is 0.432. The molecule has 0 saturated carbocycles. The van der Waals surface area contributed by atoms with Gasteiger partial charge in [-0.15, -0.1) is 0 Å². The first-order valence-corrected chi connectivity index (χ1v) is 3.28. The molecule has 0 amide bonds. The molecular formula is C8H4ClNO. The van der Waals surface area contributed by atoms with Crippen LogP contribution in [0.3, 0.4) is 0 Å². The Kier molecular flexibility index (Phi) is 2.65. The number of carbonyl (C=O) groups is 1. The molecule has 0 atom stereocenters. The summed E-state index contributed by atoms with van der Waals surface area (Å²) in [7, 11) is 0. The molecule has 0 bridgehead atoms. The van der Waals surface area contributed by atoms with E-state index in [1.165, 1.54) is 0 Å². The normalized spacial score (nSPS) is 8.09. The molecule has 0 aliphatic rings. The Morgan fingerprint density at radius 1 is 1.64 bits per heavy atom. The largest absolute Gasteiger partial charge is 0.289 e. The smallest absolute Gasteiger partial charge is 0.193 e. The molecule has 1 rings (SSSR count). The molecule has 1 heterocycles. The van der Waals surface area contributed by atoms with Gasteiger partial charge >= 0.3 is 0 Å². The van der Waals surface area contributed by atoms with Crippen molar-refractivity contribution in [3.8, 4) is 11.8 Å². The molecular weight excluding hydrogens is 162 g/mol. The van der Waals surface area contributed by atoms with E-state index in [0.29, 0.717) is 17.0 Å². The Bertz CT molecular complexity index is 324. The lowest BCUT2D eigenvalue weighted by Gasteiger charge is -1.89. The molecule has 0 N–H and O–H groups in total. The van der Waals surface area contributed by atoms with Crippen LogP contribution in [0.4, 0.5) is 0 Å². The maximum absolute atomic E-state index is 9.85. The molecule has 1 aromatic rings. The number of hydrogen-bond donors (Lipinski definition) is 0. The van der Waals surface area contributed by atoms with Crippen molar-refractivity contribution < 1.29 is 4.79 Å². The second kappa shape index (κ2) is 3.75. The van der Waals surface area contributed by atoms with Crippen LogP contribution in [0.25, 0.3) is 0 Å². The van der Waals surface area contributed by atoms with Gasteiger partial charge < -0.3 is 0 Å². The van der Waals surface area contributed by atoms with E-state index in [-0.39, 0.29) is 0 Å². The summed E-state index contributed by atoms with van der Waals surface area (Å²) < 4.78 is 0. The highest BCUT2D eigenvalue weighted by Crippen LogP contribution is 2.09. The number of halogens is 1. The number of aromatic nitrogens is 1. The van der Waals surface area contributed by atoms with Gasteiger partial charge in [0.1, 0.15) is 5.69 Å². The number of carbonyl (C=O) groups excluding carboxylic acids is 1. The lowest BCUT2D eigenvalue weighted by molar-refractivity contribution is -0.103. The highest BCUT2D eigenvalue weighted by Gasteiger charge is 1.93. The van der Waals surface area contributed by atoms with Crippen LogP contribution < -0.4 is 0 Å². The fraction of sp³-hybridized carbons (Fsp3) is 0. The molecule has 54 valence electrons. The summed E-state index contributed by atoms with van der Waals surface area (Å²) in [6.07, 6.45) is 2.08. The molecule has 0 fully saturated rings. The summed E-state index contributed by atoms with van der Waals surface area (Å²) in [5.74, 6) is 4.73. The van der Waals surface area contributed by atoms with Crippen LogP contribution in [-0.4, -0.2) is 11.3 Å². The van der Waals surface area contributed by atoms with E-state index in [1.807, 2.05) is 0 Å². The third kappa shape index (κ3) is 2.06. The molecule has 0 saturated heterocycles. The van der Waals surface area contributed by atoms with Gasteiger partial charge in [-0.25, -0.2) is 4.98 Å². The fourth-order valence-corrected chi connectivity index (χ4v) is 0.744. The first kappa shape index (κ1) is 7.77. The molecule has 0 aromatic carbocycles. The first-order chi connectivity index (χ1) is 5.34.